The Labute approximate surface area is 89.8 Å². The molecule has 0 radical (unpaired) electrons. The third kappa shape index (κ3) is 2.07. The van der Waals surface area contributed by atoms with Crippen LogP contribution in [-0.4, -0.2) is 13.1 Å². The molecule has 1 N–H and O–H groups in total. The van der Waals surface area contributed by atoms with Crippen molar-refractivity contribution >= 4 is 17.4 Å². The topological polar surface area (TPSA) is 12.0 Å². The van der Waals surface area contributed by atoms with Crippen molar-refractivity contribution < 1.29 is 0 Å². The van der Waals surface area contributed by atoms with Crippen LogP contribution in [0.5, 0.6) is 0 Å². The zero-order valence-electron chi connectivity index (χ0n) is 8.84. The van der Waals surface area contributed by atoms with E-state index in [1.165, 1.54) is 12.0 Å². The van der Waals surface area contributed by atoms with E-state index in [2.05, 4.69) is 42.1 Å². The zero-order chi connectivity index (χ0) is 10.0. The van der Waals surface area contributed by atoms with Crippen molar-refractivity contribution in [2.75, 3.05) is 13.1 Å². The average Bonchev–Trinajstić information content (AvgIpc) is 2.61. The fraction of sp³-hybridized carbons (Fsp3) is 0.500. The summed E-state index contributed by atoms with van der Waals surface area (Å²) in [7, 11) is 0. The van der Waals surface area contributed by atoms with E-state index in [0.717, 1.165) is 13.1 Å². The maximum Gasteiger partial charge on any atom is 0.00401 e. The Hall–Kier alpha value is -0.600. The first kappa shape index (κ1) is 9.94. The first-order valence-electron chi connectivity index (χ1n) is 5.12. The molecule has 0 unspecified atom stereocenters. The fourth-order valence-electron chi connectivity index (χ4n) is 1.90. The predicted molar refractivity (Wildman–Crippen MR) is 63.6 cm³/mol. The summed E-state index contributed by atoms with van der Waals surface area (Å²) in [4.78, 5) is 0. The molecule has 1 aromatic rings. The van der Waals surface area contributed by atoms with Gasteiger partial charge in [-0.15, -0.1) is 0 Å². The van der Waals surface area contributed by atoms with Gasteiger partial charge in [0.2, 0.25) is 0 Å². The highest BCUT2D eigenvalue weighted by molar-refractivity contribution is 7.08. The van der Waals surface area contributed by atoms with E-state index < -0.39 is 0 Å². The Morgan fingerprint density at radius 3 is 3.00 bits per heavy atom. The van der Waals surface area contributed by atoms with E-state index >= 15 is 0 Å². The normalized spacial score (nSPS) is 24.0. The van der Waals surface area contributed by atoms with Gasteiger partial charge in [0.1, 0.15) is 0 Å². The number of nitrogens with one attached hydrogen (secondary N) is 1. The van der Waals surface area contributed by atoms with Gasteiger partial charge in [0.15, 0.2) is 0 Å². The quantitative estimate of drug-likeness (QED) is 0.746. The first-order chi connectivity index (χ1) is 6.68. The van der Waals surface area contributed by atoms with Crippen molar-refractivity contribution in [2.24, 2.45) is 5.41 Å². The van der Waals surface area contributed by atoms with Crippen LogP contribution in [0.15, 0.2) is 22.4 Å². The lowest BCUT2D eigenvalue weighted by Crippen LogP contribution is -2.37. The van der Waals surface area contributed by atoms with Crippen LogP contribution in [0.3, 0.4) is 0 Å². The second kappa shape index (κ2) is 3.87. The van der Waals surface area contributed by atoms with Crippen LogP contribution in [0.4, 0.5) is 0 Å². The van der Waals surface area contributed by atoms with Gasteiger partial charge in [-0.05, 0) is 40.8 Å². The van der Waals surface area contributed by atoms with Crippen LogP contribution in [0.2, 0.25) is 0 Å². The second-order valence-electron chi connectivity index (χ2n) is 4.54. The van der Waals surface area contributed by atoms with E-state index in [9.17, 15) is 0 Å². The van der Waals surface area contributed by atoms with Gasteiger partial charge >= 0.3 is 0 Å². The minimum atomic E-state index is 0.320. The SMILES string of the molecule is CC1(C)CNCC/C1=C\c1ccsc1. The van der Waals surface area contributed by atoms with Crippen molar-refractivity contribution in [1.82, 2.24) is 5.32 Å². The molecule has 0 bridgehead atoms. The van der Waals surface area contributed by atoms with E-state index in [1.807, 2.05) is 0 Å². The molecule has 14 heavy (non-hydrogen) atoms. The van der Waals surface area contributed by atoms with E-state index in [4.69, 9.17) is 0 Å². The van der Waals surface area contributed by atoms with Gasteiger partial charge < -0.3 is 5.32 Å². The molecular formula is C12H17NS. The zero-order valence-corrected chi connectivity index (χ0v) is 9.66. The van der Waals surface area contributed by atoms with Gasteiger partial charge in [-0.3, -0.25) is 0 Å². The number of hydrogen-bond donors (Lipinski definition) is 1. The van der Waals surface area contributed by atoms with Crippen LogP contribution in [-0.2, 0) is 0 Å². The summed E-state index contributed by atoms with van der Waals surface area (Å²) in [6.07, 6.45) is 3.54. The molecule has 1 aliphatic rings. The average molecular weight is 207 g/mol. The van der Waals surface area contributed by atoms with Gasteiger partial charge in [0, 0.05) is 6.54 Å². The summed E-state index contributed by atoms with van der Waals surface area (Å²) in [6.45, 7) is 6.86. The second-order valence-corrected chi connectivity index (χ2v) is 5.32. The van der Waals surface area contributed by atoms with E-state index in [1.54, 1.807) is 16.9 Å². The molecule has 0 spiro atoms. The van der Waals surface area contributed by atoms with Crippen LogP contribution in [0, 0.1) is 5.41 Å². The Morgan fingerprint density at radius 2 is 2.36 bits per heavy atom. The summed E-state index contributed by atoms with van der Waals surface area (Å²) < 4.78 is 0. The van der Waals surface area contributed by atoms with Gasteiger partial charge in [0.05, 0.1) is 0 Å². The lowest BCUT2D eigenvalue weighted by atomic mass is 9.79. The minimum absolute atomic E-state index is 0.320. The van der Waals surface area contributed by atoms with Crippen LogP contribution in [0.25, 0.3) is 6.08 Å². The molecule has 0 atom stereocenters. The molecule has 2 heteroatoms. The summed E-state index contributed by atoms with van der Waals surface area (Å²) in [5, 5.41) is 7.80. The number of rotatable bonds is 1. The Kier molecular flexibility index (Phi) is 2.75. The van der Waals surface area contributed by atoms with Crippen LogP contribution < -0.4 is 5.32 Å². The van der Waals surface area contributed by atoms with Crippen molar-refractivity contribution in [2.45, 2.75) is 20.3 Å². The Balaban J connectivity index is 2.23. The highest BCUT2D eigenvalue weighted by Crippen LogP contribution is 2.32. The molecule has 1 aromatic heterocycles. The Bertz CT molecular complexity index is 322. The lowest BCUT2D eigenvalue weighted by molar-refractivity contribution is 0.360. The molecule has 76 valence electrons. The summed E-state index contributed by atoms with van der Waals surface area (Å²) >= 11 is 1.77. The Morgan fingerprint density at radius 1 is 1.50 bits per heavy atom. The molecule has 0 amide bonds. The highest BCUT2D eigenvalue weighted by atomic mass is 32.1. The third-order valence-electron chi connectivity index (χ3n) is 2.89. The van der Waals surface area contributed by atoms with Gasteiger partial charge in [-0.1, -0.05) is 25.5 Å². The van der Waals surface area contributed by atoms with Gasteiger partial charge in [0.25, 0.3) is 0 Å². The van der Waals surface area contributed by atoms with Crippen molar-refractivity contribution in [3.8, 4) is 0 Å². The lowest BCUT2D eigenvalue weighted by Gasteiger charge is -2.33. The molecule has 2 rings (SSSR count). The molecule has 0 aromatic carbocycles. The molecule has 1 fully saturated rings. The highest BCUT2D eigenvalue weighted by Gasteiger charge is 2.25. The fourth-order valence-corrected chi connectivity index (χ4v) is 2.52. The molecule has 1 nitrogen and oxygen atoms in total. The number of hydrogen-bond acceptors (Lipinski definition) is 2. The number of thiophene rings is 1. The number of piperidine rings is 1. The molecule has 1 saturated heterocycles. The molecular weight excluding hydrogens is 190 g/mol. The summed E-state index contributed by atoms with van der Waals surface area (Å²) in [5.74, 6) is 0. The smallest absolute Gasteiger partial charge is 0.00401 e. The molecule has 0 aliphatic carbocycles. The van der Waals surface area contributed by atoms with Crippen molar-refractivity contribution in [1.29, 1.82) is 0 Å². The minimum Gasteiger partial charge on any atom is -0.316 e. The van der Waals surface area contributed by atoms with Crippen LogP contribution in [0.1, 0.15) is 25.8 Å². The molecule has 2 heterocycles. The predicted octanol–water partition coefficient (Wildman–Crippen LogP) is 3.15. The monoisotopic (exact) mass is 207 g/mol. The van der Waals surface area contributed by atoms with Gasteiger partial charge in [-0.25, -0.2) is 0 Å². The maximum absolute atomic E-state index is 3.45. The van der Waals surface area contributed by atoms with Crippen molar-refractivity contribution in [3.63, 3.8) is 0 Å². The standard InChI is InChI=1S/C12H17NS/c1-12(2)9-13-5-3-11(12)7-10-4-6-14-8-10/h4,6-8,13H,3,5,9H2,1-2H3/b11-7+. The van der Waals surface area contributed by atoms with Crippen LogP contribution >= 0.6 is 11.3 Å². The van der Waals surface area contributed by atoms with E-state index in [0.29, 0.717) is 5.41 Å². The molecule has 0 saturated carbocycles. The summed E-state index contributed by atoms with van der Waals surface area (Å²) in [6, 6.07) is 2.19. The maximum atomic E-state index is 3.45. The first-order valence-corrected chi connectivity index (χ1v) is 6.07. The van der Waals surface area contributed by atoms with E-state index in [-0.39, 0.29) is 0 Å². The largest absolute Gasteiger partial charge is 0.316 e. The molecule has 1 aliphatic heterocycles. The van der Waals surface area contributed by atoms with Gasteiger partial charge in [-0.2, -0.15) is 11.3 Å². The third-order valence-corrected chi connectivity index (χ3v) is 3.59. The summed E-state index contributed by atoms with van der Waals surface area (Å²) in [5.41, 5.74) is 3.26. The van der Waals surface area contributed by atoms with Crippen molar-refractivity contribution in [3.05, 3.63) is 28.0 Å².